The van der Waals surface area contributed by atoms with Gasteiger partial charge in [-0.3, -0.25) is 0 Å². The van der Waals surface area contributed by atoms with E-state index in [2.05, 4.69) is 35.1 Å². The molecule has 32 heavy (non-hydrogen) atoms. The molecule has 3 heterocycles. The molecule has 0 saturated heterocycles. The van der Waals surface area contributed by atoms with Crippen molar-refractivity contribution in [3.05, 3.63) is 58.2 Å². The zero-order chi connectivity index (χ0) is 22.2. The van der Waals surface area contributed by atoms with Gasteiger partial charge in [0.1, 0.15) is 16.5 Å². The van der Waals surface area contributed by atoms with Gasteiger partial charge in [-0.25, -0.2) is 4.79 Å². The summed E-state index contributed by atoms with van der Waals surface area (Å²) in [6.07, 6.45) is 7.72. The molecule has 7 heteroatoms. The lowest BCUT2D eigenvalue weighted by molar-refractivity contribution is 0.181. The van der Waals surface area contributed by atoms with Crippen LogP contribution < -0.4 is 14.8 Å². The van der Waals surface area contributed by atoms with Crippen LogP contribution in [0.15, 0.2) is 36.5 Å². The van der Waals surface area contributed by atoms with Crippen LogP contribution in [0.4, 0.5) is 10.5 Å². The van der Waals surface area contributed by atoms with Crippen molar-refractivity contribution in [1.82, 2.24) is 9.47 Å². The van der Waals surface area contributed by atoms with Crippen molar-refractivity contribution in [2.45, 2.75) is 51.6 Å². The van der Waals surface area contributed by atoms with E-state index in [9.17, 15) is 4.79 Å². The molecule has 5 rings (SSSR count). The first-order chi connectivity index (χ1) is 15.6. The summed E-state index contributed by atoms with van der Waals surface area (Å²) in [6, 6.07) is 9.56. The third-order valence-electron chi connectivity index (χ3n) is 6.60. The van der Waals surface area contributed by atoms with Gasteiger partial charge in [-0.05, 0) is 61.9 Å². The second kappa shape index (κ2) is 8.54. The quantitative estimate of drug-likeness (QED) is 0.535. The van der Waals surface area contributed by atoms with Gasteiger partial charge in [0.15, 0.2) is 0 Å². The number of hydrogen-bond donors (Lipinski definition) is 1. The van der Waals surface area contributed by atoms with Gasteiger partial charge in [0.05, 0.1) is 32.5 Å². The van der Waals surface area contributed by atoms with Crippen LogP contribution in [0.2, 0.25) is 0 Å². The molecule has 0 radical (unpaired) electrons. The Morgan fingerprint density at radius 1 is 1.16 bits per heavy atom. The zero-order valence-corrected chi connectivity index (χ0v) is 19.6. The van der Waals surface area contributed by atoms with Gasteiger partial charge in [-0.2, -0.15) is 0 Å². The number of hydrogen-bond acceptors (Lipinski definition) is 4. The fourth-order valence-electron chi connectivity index (χ4n) is 5.00. The first kappa shape index (κ1) is 20.9. The molecule has 1 aliphatic carbocycles. The summed E-state index contributed by atoms with van der Waals surface area (Å²) in [6.45, 7) is 2.76. The second-order valence-corrected chi connectivity index (χ2v) is 9.43. The standard InChI is InChI=1S/C25H29N3O3S/c1-4-20-21-9-7-13-27(21)24-18(17-8-5-6-10-23(17)32-24)15-28(20)25(29)26-19-12-11-16(30-2)14-22(19)31-3/h7,9,11-14,20H,4-6,8,10,15H2,1-3H3,(H,26,29)/t20-/m0/s1. The first-order valence-electron chi connectivity index (χ1n) is 11.2. The van der Waals surface area contributed by atoms with E-state index in [-0.39, 0.29) is 12.1 Å². The largest absolute Gasteiger partial charge is 0.497 e. The predicted molar refractivity (Wildman–Crippen MR) is 127 cm³/mol. The molecule has 6 nitrogen and oxygen atoms in total. The van der Waals surface area contributed by atoms with Gasteiger partial charge >= 0.3 is 6.03 Å². The van der Waals surface area contributed by atoms with Crippen molar-refractivity contribution < 1.29 is 14.3 Å². The Bertz CT molecular complexity index is 1150. The summed E-state index contributed by atoms with van der Waals surface area (Å²) in [5, 5.41) is 4.39. The van der Waals surface area contributed by atoms with Crippen LogP contribution in [0.25, 0.3) is 5.00 Å². The minimum atomic E-state index is -0.114. The number of nitrogens with one attached hydrogen (secondary N) is 1. The Kier molecular flexibility index (Phi) is 5.59. The maximum atomic E-state index is 13.7. The topological polar surface area (TPSA) is 55.7 Å². The summed E-state index contributed by atoms with van der Waals surface area (Å²) in [4.78, 5) is 17.1. The zero-order valence-electron chi connectivity index (χ0n) is 18.8. The van der Waals surface area contributed by atoms with Gasteiger partial charge < -0.3 is 24.3 Å². The molecular weight excluding hydrogens is 422 g/mol. The fraction of sp³-hybridized carbons (Fsp3) is 0.400. The second-order valence-electron chi connectivity index (χ2n) is 8.35. The van der Waals surface area contributed by atoms with Gasteiger partial charge in [0.25, 0.3) is 0 Å². The number of urea groups is 1. The van der Waals surface area contributed by atoms with Crippen molar-refractivity contribution in [2.24, 2.45) is 0 Å². The minimum absolute atomic E-state index is 0.00640. The van der Waals surface area contributed by atoms with Crippen LogP contribution in [0.5, 0.6) is 11.5 Å². The van der Waals surface area contributed by atoms with E-state index in [0.29, 0.717) is 23.7 Å². The maximum absolute atomic E-state index is 13.7. The Morgan fingerprint density at radius 3 is 2.78 bits per heavy atom. The molecule has 0 saturated carbocycles. The number of rotatable bonds is 4. The lowest BCUT2D eigenvalue weighted by atomic mass is 9.95. The SMILES string of the molecule is CC[C@H]1c2cccn2-c2sc3c(c2CN1C(=O)Nc1ccc(OC)cc1OC)CCCC3. The molecule has 2 amide bonds. The van der Waals surface area contributed by atoms with E-state index in [4.69, 9.17) is 9.47 Å². The average molecular weight is 452 g/mol. The smallest absolute Gasteiger partial charge is 0.322 e. The van der Waals surface area contributed by atoms with Crippen molar-refractivity contribution in [2.75, 3.05) is 19.5 Å². The van der Waals surface area contributed by atoms with E-state index in [1.54, 1.807) is 20.3 Å². The normalized spacial score (nSPS) is 17.1. The number of aryl methyl sites for hydroxylation is 1. The number of anilines is 1. The highest BCUT2D eigenvalue weighted by Gasteiger charge is 2.34. The van der Waals surface area contributed by atoms with E-state index in [1.807, 2.05) is 28.4 Å². The van der Waals surface area contributed by atoms with E-state index < -0.39 is 0 Å². The number of carbonyl (C=O) groups excluding carboxylic acids is 1. The molecule has 0 spiro atoms. The molecule has 0 unspecified atom stereocenters. The minimum Gasteiger partial charge on any atom is -0.497 e. The lowest BCUT2D eigenvalue weighted by Crippen LogP contribution is -2.37. The van der Waals surface area contributed by atoms with Crippen LogP contribution in [0.1, 0.15) is 53.9 Å². The molecule has 1 aromatic carbocycles. The van der Waals surface area contributed by atoms with Crippen molar-refractivity contribution in [3.8, 4) is 16.5 Å². The summed E-state index contributed by atoms with van der Waals surface area (Å²) in [7, 11) is 3.21. The van der Waals surface area contributed by atoms with E-state index >= 15 is 0 Å². The first-order valence-corrected chi connectivity index (χ1v) is 12.1. The van der Waals surface area contributed by atoms with Crippen molar-refractivity contribution >= 4 is 23.1 Å². The Hall–Kier alpha value is -2.93. The van der Waals surface area contributed by atoms with Crippen LogP contribution in [-0.2, 0) is 19.4 Å². The number of benzene rings is 1. The molecular formula is C25H29N3O3S. The number of methoxy groups -OCH3 is 2. The molecule has 2 aromatic heterocycles. The number of ether oxygens (including phenoxy) is 2. The van der Waals surface area contributed by atoms with Crippen LogP contribution in [-0.4, -0.2) is 29.7 Å². The molecule has 1 aliphatic heterocycles. The van der Waals surface area contributed by atoms with Crippen LogP contribution in [0.3, 0.4) is 0 Å². The molecule has 0 bridgehead atoms. The Balaban J connectivity index is 1.54. The van der Waals surface area contributed by atoms with Crippen LogP contribution >= 0.6 is 11.3 Å². The number of nitrogens with zero attached hydrogens (tertiary/aromatic N) is 2. The molecule has 168 valence electrons. The van der Waals surface area contributed by atoms with Crippen molar-refractivity contribution in [1.29, 1.82) is 0 Å². The lowest BCUT2D eigenvalue weighted by Gasteiger charge is -2.30. The fourth-order valence-corrected chi connectivity index (χ4v) is 6.40. The van der Waals surface area contributed by atoms with Gasteiger partial charge in [-0.1, -0.05) is 6.92 Å². The molecule has 0 fully saturated rings. The number of carbonyl (C=O) groups is 1. The Morgan fingerprint density at radius 2 is 2.00 bits per heavy atom. The summed E-state index contributed by atoms with van der Waals surface area (Å²) >= 11 is 1.91. The highest BCUT2D eigenvalue weighted by Crippen LogP contribution is 2.43. The molecule has 3 aromatic rings. The predicted octanol–water partition coefficient (Wildman–Crippen LogP) is 5.93. The monoisotopic (exact) mass is 451 g/mol. The van der Waals surface area contributed by atoms with Gasteiger partial charge in [-0.15, -0.1) is 11.3 Å². The number of aromatic nitrogens is 1. The number of thiophene rings is 1. The molecule has 2 aliphatic rings. The van der Waals surface area contributed by atoms with Crippen molar-refractivity contribution in [3.63, 3.8) is 0 Å². The average Bonchev–Trinajstić information content (AvgIpc) is 3.41. The third-order valence-corrected chi connectivity index (χ3v) is 7.94. The number of amides is 2. The van der Waals surface area contributed by atoms with E-state index in [0.717, 1.165) is 19.3 Å². The summed E-state index contributed by atoms with van der Waals surface area (Å²) in [5.41, 5.74) is 4.59. The highest BCUT2D eigenvalue weighted by atomic mass is 32.1. The van der Waals surface area contributed by atoms with Crippen LogP contribution in [0, 0.1) is 0 Å². The molecule has 1 N–H and O–H groups in total. The third kappa shape index (κ3) is 3.45. The highest BCUT2D eigenvalue weighted by molar-refractivity contribution is 7.15. The van der Waals surface area contributed by atoms with E-state index in [1.165, 1.54) is 39.5 Å². The number of fused-ring (bicyclic) bond motifs is 5. The summed E-state index contributed by atoms with van der Waals surface area (Å²) in [5.74, 6) is 1.27. The Labute approximate surface area is 192 Å². The maximum Gasteiger partial charge on any atom is 0.322 e. The molecule has 1 atom stereocenters. The van der Waals surface area contributed by atoms with Gasteiger partial charge in [0.2, 0.25) is 0 Å². The van der Waals surface area contributed by atoms with Gasteiger partial charge in [0, 0.05) is 28.4 Å². The summed E-state index contributed by atoms with van der Waals surface area (Å²) < 4.78 is 13.1.